The van der Waals surface area contributed by atoms with Gasteiger partial charge in [-0.2, -0.15) is 0 Å². The third-order valence-corrected chi connectivity index (χ3v) is 6.28. The van der Waals surface area contributed by atoms with E-state index in [1.165, 1.54) is 0 Å². The quantitative estimate of drug-likeness (QED) is 0.543. The molecule has 1 amide bonds. The van der Waals surface area contributed by atoms with E-state index in [0.717, 1.165) is 44.1 Å². The van der Waals surface area contributed by atoms with Crippen LogP contribution in [-0.4, -0.2) is 33.0 Å². The predicted octanol–water partition coefficient (Wildman–Crippen LogP) is 4.31. The van der Waals surface area contributed by atoms with Gasteiger partial charge in [-0.25, -0.2) is 0 Å². The van der Waals surface area contributed by atoms with Crippen LogP contribution in [0.15, 0.2) is 60.7 Å². The van der Waals surface area contributed by atoms with E-state index >= 15 is 0 Å². The first-order valence-corrected chi connectivity index (χ1v) is 10.6. The first kappa shape index (κ1) is 19.4. The Morgan fingerprint density at radius 1 is 1.00 bits per heavy atom. The van der Waals surface area contributed by atoms with Crippen molar-refractivity contribution in [1.82, 2.24) is 9.47 Å². The van der Waals surface area contributed by atoms with Gasteiger partial charge in [0.15, 0.2) is 0 Å². The second-order valence-corrected chi connectivity index (χ2v) is 8.31. The fraction of sp³-hybridized carbons (Fsp3) is 0.231. The summed E-state index contributed by atoms with van der Waals surface area (Å²) in [5, 5.41) is 12.7. The van der Waals surface area contributed by atoms with Gasteiger partial charge in [-0.15, -0.1) is 0 Å². The molecule has 0 saturated carbocycles. The van der Waals surface area contributed by atoms with E-state index in [4.69, 9.17) is 0 Å². The van der Waals surface area contributed by atoms with Gasteiger partial charge in [0, 0.05) is 41.7 Å². The number of benzene rings is 3. The van der Waals surface area contributed by atoms with Gasteiger partial charge in [0.05, 0.1) is 6.42 Å². The van der Waals surface area contributed by atoms with Gasteiger partial charge in [0.1, 0.15) is 6.54 Å². The average molecular weight is 412 g/mol. The van der Waals surface area contributed by atoms with E-state index in [0.29, 0.717) is 25.9 Å². The van der Waals surface area contributed by atoms with Gasteiger partial charge in [-0.05, 0) is 35.4 Å². The summed E-state index contributed by atoms with van der Waals surface area (Å²) in [5.74, 6) is -0.747. The molecule has 5 heteroatoms. The molecule has 0 aliphatic carbocycles. The lowest BCUT2D eigenvalue weighted by atomic mass is 10.00. The highest BCUT2D eigenvalue weighted by Gasteiger charge is 2.27. The summed E-state index contributed by atoms with van der Waals surface area (Å²) in [6, 6.07) is 20.3. The molecule has 156 valence electrons. The normalized spacial score (nSPS) is 13.5. The number of rotatable bonds is 4. The van der Waals surface area contributed by atoms with E-state index in [1.807, 2.05) is 52.8 Å². The summed E-state index contributed by atoms with van der Waals surface area (Å²) in [5.41, 5.74) is 5.22. The molecule has 0 spiro atoms. The van der Waals surface area contributed by atoms with Crippen molar-refractivity contribution < 1.29 is 14.7 Å². The van der Waals surface area contributed by atoms with Crippen molar-refractivity contribution in [3.05, 3.63) is 83.0 Å². The minimum atomic E-state index is -0.852. The molecule has 5 rings (SSSR count). The van der Waals surface area contributed by atoms with E-state index in [-0.39, 0.29) is 12.5 Å². The number of aryl methyl sites for hydroxylation is 1. The molecule has 0 unspecified atom stereocenters. The molecule has 0 radical (unpaired) electrons. The van der Waals surface area contributed by atoms with Crippen molar-refractivity contribution in [3.63, 3.8) is 0 Å². The number of carboxylic acid groups (broad SMARTS) is 1. The number of fused-ring (bicyclic) bond motifs is 4. The summed E-state index contributed by atoms with van der Waals surface area (Å²) in [4.78, 5) is 26.6. The molecule has 5 nitrogen and oxygen atoms in total. The molecule has 1 aliphatic rings. The van der Waals surface area contributed by atoms with Crippen molar-refractivity contribution in [2.45, 2.75) is 32.9 Å². The zero-order valence-corrected chi connectivity index (χ0v) is 17.5. The first-order valence-electron chi connectivity index (χ1n) is 10.6. The summed E-state index contributed by atoms with van der Waals surface area (Å²) in [6.07, 6.45) is 1.03. The first-order chi connectivity index (χ1) is 15.0. The lowest BCUT2D eigenvalue weighted by Gasteiger charge is -2.28. The number of carbonyl (C=O) groups excluding carboxylic acids is 1. The van der Waals surface area contributed by atoms with E-state index in [9.17, 15) is 14.7 Å². The topological polar surface area (TPSA) is 62.5 Å². The SMILES string of the molecule is Cc1ccc2c(c1)c1c(n2CC(=O)O)CCN(C(=O)Cc2cccc3ccccc23)C1. The Morgan fingerprint density at radius 3 is 2.65 bits per heavy atom. The largest absolute Gasteiger partial charge is 0.480 e. The van der Waals surface area contributed by atoms with Crippen molar-refractivity contribution in [1.29, 1.82) is 0 Å². The monoisotopic (exact) mass is 412 g/mol. The Balaban J connectivity index is 1.47. The number of amides is 1. The number of aliphatic carboxylic acids is 1. The molecule has 31 heavy (non-hydrogen) atoms. The highest BCUT2D eigenvalue weighted by Crippen LogP contribution is 2.32. The van der Waals surface area contributed by atoms with Gasteiger partial charge < -0.3 is 14.6 Å². The third-order valence-electron chi connectivity index (χ3n) is 6.28. The van der Waals surface area contributed by atoms with Crippen LogP contribution in [0.1, 0.15) is 22.4 Å². The highest BCUT2D eigenvalue weighted by molar-refractivity contribution is 5.91. The number of hydrogen-bond donors (Lipinski definition) is 1. The molecule has 0 bridgehead atoms. The lowest BCUT2D eigenvalue weighted by Crippen LogP contribution is -2.37. The van der Waals surface area contributed by atoms with E-state index < -0.39 is 5.97 Å². The second kappa shape index (κ2) is 7.58. The molecule has 0 fully saturated rings. The summed E-state index contributed by atoms with van der Waals surface area (Å²) >= 11 is 0. The van der Waals surface area contributed by atoms with Gasteiger partial charge in [-0.3, -0.25) is 9.59 Å². The number of aromatic nitrogens is 1. The Morgan fingerprint density at radius 2 is 1.81 bits per heavy atom. The third kappa shape index (κ3) is 3.46. The molecule has 1 N–H and O–H groups in total. The molecular weight excluding hydrogens is 388 g/mol. The molecule has 4 aromatic rings. The Bertz CT molecular complexity index is 1330. The average Bonchev–Trinajstić information content (AvgIpc) is 3.05. The summed E-state index contributed by atoms with van der Waals surface area (Å²) in [6.45, 7) is 3.10. The van der Waals surface area contributed by atoms with Gasteiger partial charge in [0.25, 0.3) is 0 Å². The molecule has 1 aromatic heterocycles. The predicted molar refractivity (Wildman–Crippen MR) is 121 cm³/mol. The van der Waals surface area contributed by atoms with Gasteiger partial charge >= 0.3 is 5.97 Å². The lowest BCUT2D eigenvalue weighted by molar-refractivity contribution is -0.137. The number of carbonyl (C=O) groups is 2. The highest BCUT2D eigenvalue weighted by atomic mass is 16.4. The standard InChI is InChI=1S/C26H24N2O3/c1-17-9-10-23-21(13-17)22-15-27(12-11-24(22)28(23)16-26(30)31)25(29)14-19-7-4-6-18-5-2-3-8-20(18)19/h2-10,13H,11-12,14-16H2,1H3,(H,30,31). The summed E-state index contributed by atoms with van der Waals surface area (Å²) in [7, 11) is 0. The van der Waals surface area contributed by atoms with Crippen molar-refractivity contribution in [2.24, 2.45) is 0 Å². The van der Waals surface area contributed by atoms with Crippen LogP contribution in [0.4, 0.5) is 0 Å². The summed E-state index contributed by atoms with van der Waals surface area (Å²) < 4.78 is 1.90. The van der Waals surface area contributed by atoms with Crippen molar-refractivity contribution >= 4 is 33.6 Å². The zero-order chi connectivity index (χ0) is 21.5. The van der Waals surface area contributed by atoms with Crippen LogP contribution < -0.4 is 0 Å². The Hall–Kier alpha value is -3.60. The minimum absolute atomic E-state index is 0.0567. The number of hydrogen-bond acceptors (Lipinski definition) is 2. The van der Waals surface area contributed by atoms with Gasteiger partial charge in [0.2, 0.25) is 5.91 Å². The molecule has 0 saturated heterocycles. The Kier molecular flexibility index (Phi) is 4.74. The maximum absolute atomic E-state index is 13.2. The van der Waals surface area contributed by atoms with Crippen LogP contribution in [0.2, 0.25) is 0 Å². The smallest absolute Gasteiger partial charge is 0.323 e. The zero-order valence-electron chi connectivity index (χ0n) is 17.5. The maximum Gasteiger partial charge on any atom is 0.323 e. The maximum atomic E-state index is 13.2. The van der Waals surface area contributed by atoms with Crippen LogP contribution in [0.25, 0.3) is 21.7 Å². The van der Waals surface area contributed by atoms with Crippen LogP contribution in [0.3, 0.4) is 0 Å². The molecule has 2 heterocycles. The van der Waals surface area contributed by atoms with Crippen LogP contribution >= 0.6 is 0 Å². The fourth-order valence-corrected chi connectivity index (χ4v) is 4.81. The van der Waals surface area contributed by atoms with Crippen molar-refractivity contribution in [2.75, 3.05) is 6.54 Å². The van der Waals surface area contributed by atoms with Crippen molar-refractivity contribution in [3.8, 4) is 0 Å². The fourth-order valence-electron chi connectivity index (χ4n) is 4.81. The van der Waals surface area contributed by atoms with Crippen LogP contribution in [0, 0.1) is 6.92 Å². The van der Waals surface area contributed by atoms with Gasteiger partial charge in [-0.1, -0.05) is 54.1 Å². The number of carboxylic acids is 1. The molecule has 1 aliphatic heterocycles. The van der Waals surface area contributed by atoms with E-state index in [2.05, 4.69) is 24.3 Å². The Labute approximate surface area is 180 Å². The second-order valence-electron chi connectivity index (χ2n) is 8.31. The molecule has 3 aromatic carbocycles. The molecular formula is C26H24N2O3. The van der Waals surface area contributed by atoms with Crippen LogP contribution in [0.5, 0.6) is 0 Å². The number of nitrogens with zero attached hydrogens (tertiary/aromatic N) is 2. The minimum Gasteiger partial charge on any atom is -0.480 e. The van der Waals surface area contributed by atoms with Crippen LogP contribution in [-0.2, 0) is 35.5 Å². The molecule has 0 atom stereocenters. The van der Waals surface area contributed by atoms with E-state index in [1.54, 1.807) is 0 Å².